The zero-order chi connectivity index (χ0) is 18.7. The lowest BCUT2D eigenvalue weighted by molar-refractivity contribution is 0.0955. The fourth-order valence-corrected chi connectivity index (χ4v) is 2.84. The first-order chi connectivity index (χ1) is 12.4. The van der Waals surface area contributed by atoms with Crippen LogP contribution in [-0.4, -0.2) is 12.1 Å². The molecular weight excluding hydrogens is 371 g/mol. The van der Waals surface area contributed by atoms with Crippen molar-refractivity contribution in [1.82, 2.24) is 5.43 Å². The molecule has 0 aliphatic rings. The molecule has 1 heterocycles. The van der Waals surface area contributed by atoms with E-state index in [0.29, 0.717) is 27.1 Å². The van der Waals surface area contributed by atoms with Crippen molar-refractivity contribution in [3.8, 4) is 11.3 Å². The van der Waals surface area contributed by atoms with E-state index in [4.69, 9.17) is 27.6 Å². The molecule has 4 nitrogen and oxygen atoms in total. The average molecular weight is 387 g/mol. The molecule has 26 heavy (non-hydrogen) atoms. The molecule has 0 aliphatic heterocycles. The van der Waals surface area contributed by atoms with Crippen LogP contribution in [0.5, 0.6) is 0 Å². The van der Waals surface area contributed by atoms with Crippen molar-refractivity contribution in [1.29, 1.82) is 0 Å². The predicted octanol–water partition coefficient (Wildman–Crippen LogP) is 5.63. The summed E-state index contributed by atoms with van der Waals surface area (Å²) >= 11 is 12.2. The van der Waals surface area contributed by atoms with E-state index in [1.807, 2.05) is 44.2 Å². The van der Waals surface area contributed by atoms with Crippen molar-refractivity contribution >= 4 is 35.3 Å². The molecule has 0 saturated heterocycles. The quantitative estimate of drug-likeness (QED) is 0.466. The van der Waals surface area contributed by atoms with Gasteiger partial charge in [0.05, 0.1) is 16.8 Å². The minimum atomic E-state index is -0.386. The van der Waals surface area contributed by atoms with Crippen LogP contribution in [-0.2, 0) is 0 Å². The second-order valence-corrected chi connectivity index (χ2v) is 6.66. The Balaban J connectivity index is 1.68. The van der Waals surface area contributed by atoms with Crippen LogP contribution < -0.4 is 5.43 Å². The van der Waals surface area contributed by atoms with E-state index in [-0.39, 0.29) is 5.91 Å². The van der Waals surface area contributed by atoms with Crippen LogP contribution in [0.3, 0.4) is 0 Å². The van der Waals surface area contributed by atoms with E-state index in [2.05, 4.69) is 10.5 Å². The van der Waals surface area contributed by atoms with Crippen LogP contribution in [0.1, 0.15) is 27.2 Å². The first-order valence-electron chi connectivity index (χ1n) is 7.90. The summed E-state index contributed by atoms with van der Waals surface area (Å²) in [5.74, 6) is 0.789. The Hall–Kier alpha value is -2.56. The molecule has 6 heteroatoms. The number of nitrogens with zero attached hydrogens (tertiary/aromatic N) is 1. The normalized spacial score (nSPS) is 11.1. The molecule has 1 N–H and O–H groups in total. The summed E-state index contributed by atoms with van der Waals surface area (Å²) in [4.78, 5) is 12.1. The third kappa shape index (κ3) is 4.15. The maximum Gasteiger partial charge on any atom is 0.272 e. The van der Waals surface area contributed by atoms with E-state index in [9.17, 15) is 4.79 Å². The molecule has 0 radical (unpaired) electrons. The third-order valence-corrected chi connectivity index (χ3v) is 4.53. The lowest BCUT2D eigenvalue weighted by atomic mass is 10.1. The fourth-order valence-electron chi connectivity index (χ4n) is 2.34. The Morgan fingerprint density at radius 2 is 1.85 bits per heavy atom. The van der Waals surface area contributed by atoms with Crippen LogP contribution in [0, 0.1) is 13.8 Å². The molecule has 0 unspecified atom stereocenters. The number of carbonyl (C=O) groups is 1. The van der Waals surface area contributed by atoms with Gasteiger partial charge in [-0.3, -0.25) is 4.79 Å². The topological polar surface area (TPSA) is 54.6 Å². The van der Waals surface area contributed by atoms with Gasteiger partial charge in [-0.25, -0.2) is 5.43 Å². The van der Waals surface area contributed by atoms with Crippen molar-refractivity contribution in [3.63, 3.8) is 0 Å². The summed E-state index contributed by atoms with van der Waals surface area (Å²) in [6.45, 7) is 3.84. The number of benzene rings is 2. The van der Waals surface area contributed by atoms with Gasteiger partial charge < -0.3 is 4.42 Å². The van der Waals surface area contributed by atoms with E-state index in [0.717, 1.165) is 16.7 Å². The maximum atomic E-state index is 12.1. The number of carbonyl (C=O) groups excluding carboxylic acids is 1. The number of nitrogens with one attached hydrogen (secondary N) is 1. The number of hydrogen-bond acceptors (Lipinski definition) is 3. The summed E-state index contributed by atoms with van der Waals surface area (Å²) in [5.41, 5.74) is 5.66. The van der Waals surface area contributed by atoms with Crippen molar-refractivity contribution < 1.29 is 9.21 Å². The number of hydrogen-bond donors (Lipinski definition) is 1. The van der Waals surface area contributed by atoms with Crippen molar-refractivity contribution in [3.05, 3.63) is 81.0 Å². The Morgan fingerprint density at radius 3 is 2.58 bits per heavy atom. The van der Waals surface area contributed by atoms with Crippen LogP contribution in [0.2, 0.25) is 10.0 Å². The third-order valence-electron chi connectivity index (χ3n) is 3.81. The summed E-state index contributed by atoms with van der Waals surface area (Å²) in [6, 6.07) is 14.5. The highest BCUT2D eigenvalue weighted by Gasteiger charge is 2.09. The number of hydrazone groups is 1. The Morgan fingerprint density at radius 1 is 1.04 bits per heavy atom. The van der Waals surface area contributed by atoms with E-state index in [1.165, 1.54) is 6.21 Å². The molecule has 2 aromatic carbocycles. The zero-order valence-corrected chi connectivity index (χ0v) is 15.7. The largest absolute Gasteiger partial charge is 0.455 e. The van der Waals surface area contributed by atoms with Crippen LogP contribution in [0.15, 0.2) is 58.0 Å². The molecule has 0 fully saturated rings. The molecule has 3 aromatic rings. The van der Waals surface area contributed by atoms with Gasteiger partial charge in [-0.15, -0.1) is 0 Å². The lowest BCUT2D eigenvalue weighted by Gasteiger charge is -2.03. The Bertz CT molecular complexity index is 993. The molecule has 1 amide bonds. The second kappa shape index (κ2) is 7.77. The van der Waals surface area contributed by atoms with Crippen molar-refractivity contribution in [2.75, 3.05) is 0 Å². The van der Waals surface area contributed by atoms with Gasteiger partial charge in [0.1, 0.15) is 11.5 Å². The molecule has 0 aliphatic carbocycles. The summed E-state index contributed by atoms with van der Waals surface area (Å²) in [7, 11) is 0. The van der Waals surface area contributed by atoms with Crippen LogP contribution in [0.4, 0.5) is 0 Å². The minimum Gasteiger partial charge on any atom is -0.455 e. The average Bonchev–Trinajstić information content (AvgIpc) is 3.06. The summed E-state index contributed by atoms with van der Waals surface area (Å²) in [6.07, 6.45) is 1.43. The molecule has 0 atom stereocenters. The summed E-state index contributed by atoms with van der Waals surface area (Å²) < 4.78 is 5.71. The number of aryl methyl sites for hydroxylation is 2. The molecular formula is C20H16Cl2N2O2. The highest BCUT2D eigenvalue weighted by atomic mass is 35.5. The van der Waals surface area contributed by atoms with E-state index < -0.39 is 0 Å². The smallest absolute Gasteiger partial charge is 0.272 e. The Kier molecular flexibility index (Phi) is 5.45. The Labute approximate surface area is 161 Å². The lowest BCUT2D eigenvalue weighted by Crippen LogP contribution is -2.18. The minimum absolute atomic E-state index is 0.365. The van der Waals surface area contributed by atoms with Gasteiger partial charge >= 0.3 is 0 Å². The molecule has 0 bridgehead atoms. The number of halogens is 2. The SMILES string of the molecule is Cc1ccc(C(=O)N/N=C/c2ccc(-c3ccc(C)c(Cl)c3)o2)c(Cl)c1. The monoisotopic (exact) mass is 386 g/mol. The molecule has 132 valence electrons. The van der Waals surface area contributed by atoms with Crippen LogP contribution >= 0.6 is 23.2 Å². The predicted molar refractivity (Wildman–Crippen MR) is 105 cm³/mol. The number of rotatable bonds is 4. The van der Waals surface area contributed by atoms with Gasteiger partial charge in [-0.2, -0.15) is 5.10 Å². The van der Waals surface area contributed by atoms with E-state index in [1.54, 1.807) is 18.2 Å². The van der Waals surface area contributed by atoms with Gasteiger partial charge in [0, 0.05) is 10.6 Å². The standard InChI is InChI=1S/C20H16Cl2N2O2/c1-12-3-7-16(18(22)9-12)20(25)24-23-11-15-6-8-19(26-15)14-5-4-13(2)17(21)10-14/h3-11H,1-2H3,(H,24,25)/b23-11+. The first-order valence-corrected chi connectivity index (χ1v) is 8.65. The molecule has 0 spiro atoms. The summed E-state index contributed by atoms with van der Waals surface area (Å²) in [5, 5.41) is 4.98. The first kappa shape index (κ1) is 18.2. The van der Waals surface area contributed by atoms with Gasteiger partial charge in [-0.1, -0.05) is 41.4 Å². The fraction of sp³-hybridized carbons (Fsp3) is 0.100. The highest BCUT2D eigenvalue weighted by Crippen LogP contribution is 2.26. The molecule has 3 rings (SSSR count). The van der Waals surface area contributed by atoms with Gasteiger partial charge in [0.25, 0.3) is 5.91 Å². The van der Waals surface area contributed by atoms with Crippen molar-refractivity contribution in [2.24, 2.45) is 5.10 Å². The number of furan rings is 1. The van der Waals surface area contributed by atoms with E-state index >= 15 is 0 Å². The zero-order valence-electron chi connectivity index (χ0n) is 14.2. The maximum absolute atomic E-state index is 12.1. The molecule has 0 saturated carbocycles. The van der Waals surface area contributed by atoms with Crippen molar-refractivity contribution in [2.45, 2.75) is 13.8 Å². The highest BCUT2D eigenvalue weighted by molar-refractivity contribution is 6.34. The second-order valence-electron chi connectivity index (χ2n) is 5.85. The number of amides is 1. The van der Waals surface area contributed by atoms with Gasteiger partial charge in [-0.05, 0) is 55.3 Å². The van der Waals surface area contributed by atoms with Crippen LogP contribution in [0.25, 0.3) is 11.3 Å². The molecule has 1 aromatic heterocycles. The van der Waals surface area contributed by atoms with Gasteiger partial charge in [0.15, 0.2) is 0 Å². The van der Waals surface area contributed by atoms with Gasteiger partial charge in [0.2, 0.25) is 0 Å².